The Labute approximate surface area is 84.0 Å². The van der Waals surface area contributed by atoms with Crippen molar-refractivity contribution in [2.75, 3.05) is 18.7 Å². The first kappa shape index (κ1) is 10.8. The Kier molecular flexibility index (Phi) is 2.71. The Morgan fingerprint density at radius 2 is 2.14 bits per heavy atom. The van der Waals surface area contributed by atoms with Crippen molar-refractivity contribution in [2.24, 2.45) is 0 Å². The van der Waals surface area contributed by atoms with Crippen molar-refractivity contribution in [2.45, 2.75) is 32.8 Å². The van der Waals surface area contributed by atoms with E-state index in [1.54, 1.807) is 7.11 Å². The van der Waals surface area contributed by atoms with E-state index in [-0.39, 0.29) is 0 Å². The zero-order valence-electron chi connectivity index (χ0n) is 9.16. The molecule has 1 aromatic rings. The van der Waals surface area contributed by atoms with Crippen LogP contribution in [0.2, 0.25) is 0 Å². The van der Waals surface area contributed by atoms with Gasteiger partial charge in [-0.15, -0.1) is 0 Å². The molecule has 4 N–H and O–H groups in total. The Morgan fingerprint density at radius 3 is 2.43 bits per heavy atom. The molecule has 0 aliphatic heterocycles. The molecule has 0 fully saturated rings. The van der Waals surface area contributed by atoms with Crippen LogP contribution in [0.1, 0.15) is 31.8 Å². The monoisotopic (exact) mass is 198 g/mol. The molecule has 1 atom stereocenters. The molecule has 14 heavy (non-hydrogen) atoms. The minimum absolute atomic E-state index is 0.459. The van der Waals surface area contributed by atoms with Crippen LogP contribution in [0.15, 0.2) is 0 Å². The molecular weight excluding hydrogens is 180 g/mol. The van der Waals surface area contributed by atoms with Gasteiger partial charge in [0.1, 0.15) is 22.9 Å². The quantitative estimate of drug-likeness (QED) is 0.703. The molecule has 1 rings (SSSR count). The molecule has 1 unspecified atom stereocenters. The third-order valence-electron chi connectivity index (χ3n) is 2.75. The van der Waals surface area contributed by atoms with Crippen LogP contribution in [0.4, 0.5) is 5.82 Å². The number of methoxy groups -OCH3 is 1. The van der Waals surface area contributed by atoms with Crippen LogP contribution >= 0.6 is 0 Å². The van der Waals surface area contributed by atoms with Crippen LogP contribution in [0.5, 0.6) is 0 Å². The third-order valence-corrected chi connectivity index (χ3v) is 2.75. The Hall–Kier alpha value is -1.23. The van der Waals surface area contributed by atoms with Gasteiger partial charge < -0.3 is 16.3 Å². The molecule has 1 aromatic heterocycles. The molecule has 0 radical (unpaired) electrons. The van der Waals surface area contributed by atoms with Crippen molar-refractivity contribution >= 4 is 5.82 Å². The Balaban J connectivity index is 3.24. The number of nitrogen functional groups attached to an aromatic ring is 2. The maximum Gasteiger partial charge on any atom is 0.149 e. The molecule has 1 heterocycles. The molecule has 0 spiro atoms. The van der Waals surface area contributed by atoms with Gasteiger partial charge in [-0.3, -0.25) is 0 Å². The number of nitrogens with two attached hydrogens (primary N) is 2. The summed E-state index contributed by atoms with van der Waals surface area (Å²) in [7, 11) is 1.65. The topological polar surface area (TPSA) is 79.1 Å². The van der Waals surface area contributed by atoms with Crippen LogP contribution in [0, 0.1) is 6.92 Å². The van der Waals surface area contributed by atoms with E-state index in [0.29, 0.717) is 17.3 Å². The van der Waals surface area contributed by atoms with Gasteiger partial charge in [-0.2, -0.15) is 0 Å². The van der Waals surface area contributed by atoms with E-state index in [1.807, 2.05) is 20.8 Å². The maximum absolute atomic E-state index is 5.84. The molecule has 5 heteroatoms. The molecule has 80 valence electrons. The molecule has 0 aliphatic rings. The number of aromatic nitrogens is 2. The second kappa shape index (κ2) is 3.49. The summed E-state index contributed by atoms with van der Waals surface area (Å²) in [5, 5.41) is 0. The highest BCUT2D eigenvalue weighted by atomic mass is 16.5. The Bertz CT molecular complexity index is 328. The van der Waals surface area contributed by atoms with Gasteiger partial charge >= 0.3 is 0 Å². The van der Waals surface area contributed by atoms with Gasteiger partial charge in [-0.1, -0.05) is 6.92 Å². The fourth-order valence-corrected chi connectivity index (χ4v) is 1.36. The molecule has 0 amide bonds. The van der Waals surface area contributed by atoms with Crippen molar-refractivity contribution in [3.05, 3.63) is 11.5 Å². The van der Waals surface area contributed by atoms with Crippen molar-refractivity contribution in [3.8, 4) is 0 Å². The number of ether oxygens (including phenoxy) is 1. The molecular formula is C9H18N4O. The third kappa shape index (κ3) is 1.43. The van der Waals surface area contributed by atoms with Gasteiger partial charge in [0.05, 0.1) is 0 Å². The molecule has 0 saturated carbocycles. The number of anilines is 1. The molecule has 0 aromatic carbocycles. The van der Waals surface area contributed by atoms with E-state index in [2.05, 4.69) is 4.98 Å². The predicted molar refractivity (Wildman–Crippen MR) is 56.2 cm³/mol. The summed E-state index contributed by atoms with van der Waals surface area (Å²) in [6, 6.07) is 0. The summed E-state index contributed by atoms with van der Waals surface area (Å²) >= 11 is 0. The number of hydrogen-bond acceptors (Lipinski definition) is 4. The first-order valence-electron chi connectivity index (χ1n) is 4.61. The number of imidazole rings is 1. The summed E-state index contributed by atoms with van der Waals surface area (Å²) in [5.41, 5.74) is 6.09. The van der Waals surface area contributed by atoms with E-state index in [4.69, 9.17) is 16.3 Å². The molecule has 0 aliphatic carbocycles. The normalized spacial score (nSPS) is 15.4. The zero-order valence-corrected chi connectivity index (χ0v) is 9.16. The van der Waals surface area contributed by atoms with E-state index in [9.17, 15) is 0 Å². The fraction of sp³-hybridized carbons (Fsp3) is 0.667. The lowest BCUT2D eigenvalue weighted by molar-refractivity contribution is -0.00413. The van der Waals surface area contributed by atoms with Gasteiger partial charge in [0, 0.05) is 7.11 Å². The van der Waals surface area contributed by atoms with E-state index < -0.39 is 5.60 Å². The van der Waals surface area contributed by atoms with Gasteiger partial charge in [0.15, 0.2) is 0 Å². The van der Waals surface area contributed by atoms with Gasteiger partial charge in [0.25, 0.3) is 0 Å². The van der Waals surface area contributed by atoms with Gasteiger partial charge in [-0.05, 0) is 20.3 Å². The molecule has 0 bridgehead atoms. The second-order valence-electron chi connectivity index (χ2n) is 3.55. The van der Waals surface area contributed by atoms with Crippen LogP contribution in [0.3, 0.4) is 0 Å². The average molecular weight is 198 g/mol. The van der Waals surface area contributed by atoms with Gasteiger partial charge in [0.2, 0.25) is 0 Å². The van der Waals surface area contributed by atoms with Crippen molar-refractivity contribution < 1.29 is 4.74 Å². The van der Waals surface area contributed by atoms with E-state index in [0.717, 1.165) is 6.42 Å². The van der Waals surface area contributed by atoms with Crippen molar-refractivity contribution in [1.29, 1.82) is 0 Å². The van der Waals surface area contributed by atoms with Crippen LogP contribution in [-0.2, 0) is 10.3 Å². The fourth-order valence-electron chi connectivity index (χ4n) is 1.36. The SMILES string of the molecule is CCC(C)(OC)c1nc(C)n(N)c1N. The lowest BCUT2D eigenvalue weighted by atomic mass is 9.99. The highest BCUT2D eigenvalue weighted by Crippen LogP contribution is 2.31. The maximum atomic E-state index is 5.84. The summed E-state index contributed by atoms with van der Waals surface area (Å²) in [5.74, 6) is 6.84. The van der Waals surface area contributed by atoms with Crippen molar-refractivity contribution in [1.82, 2.24) is 9.66 Å². The largest absolute Gasteiger partial charge is 0.382 e. The molecule has 0 saturated heterocycles. The number of aryl methyl sites for hydroxylation is 1. The summed E-state index contributed by atoms with van der Waals surface area (Å²) in [4.78, 5) is 4.31. The smallest absolute Gasteiger partial charge is 0.149 e. The average Bonchev–Trinajstić information content (AvgIpc) is 2.45. The van der Waals surface area contributed by atoms with Gasteiger partial charge in [-0.25, -0.2) is 9.66 Å². The lowest BCUT2D eigenvalue weighted by Crippen LogP contribution is -2.25. The first-order chi connectivity index (χ1) is 6.46. The van der Waals surface area contributed by atoms with E-state index in [1.165, 1.54) is 4.68 Å². The summed E-state index contributed by atoms with van der Waals surface area (Å²) in [6.07, 6.45) is 0.796. The van der Waals surface area contributed by atoms with E-state index >= 15 is 0 Å². The number of rotatable bonds is 3. The number of nitrogens with zero attached hydrogens (tertiary/aromatic N) is 2. The lowest BCUT2D eigenvalue weighted by Gasteiger charge is -2.24. The minimum atomic E-state index is -0.459. The minimum Gasteiger partial charge on any atom is -0.382 e. The van der Waals surface area contributed by atoms with Crippen LogP contribution in [-0.4, -0.2) is 16.8 Å². The zero-order chi connectivity index (χ0) is 10.9. The first-order valence-corrected chi connectivity index (χ1v) is 4.61. The summed E-state index contributed by atoms with van der Waals surface area (Å²) < 4.78 is 6.79. The second-order valence-corrected chi connectivity index (χ2v) is 3.55. The number of hydrogen-bond donors (Lipinski definition) is 2. The summed E-state index contributed by atoms with van der Waals surface area (Å²) in [6.45, 7) is 5.78. The standard InChI is InChI=1S/C9H18N4O/c1-5-9(3,14-4)7-8(10)13(11)6(2)12-7/h5,10-11H2,1-4H3. The van der Waals surface area contributed by atoms with Crippen LogP contribution < -0.4 is 11.6 Å². The molecule has 5 nitrogen and oxygen atoms in total. The van der Waals surface area contributed by atoms with Crippen molar-refractivity contribution in [3.63, 3.8) is 0 Å². The highest BCUT2D eigenvalue weighted by Gasteiger charge is 2.30. The van der Waals surface area contributed by atoms with Crippen LogP contribution in [0.25, 0.3) is 0 Å². The Morgan fingerprint density at radius 1 is 1.57 bits per heavy atom. The highest BCUT2D eigenvalue weighted by molar-refractivity contribution is 5.41. The predicted octanol–water partition coefficient (Wildman–Crippen LogP) is 0.759.